The van der Waals surface area contributed by atoms with Crippen molar-refractivity contribution in [2.45, 2.75) is 18.9 Å². The zero-order valence-electron chi connectivity index (χ0n) is 23.2. The first-order valence-corrected chi connectivity index (χ1v) is 13.2. The highest BCUT2D eigenvalue weighted by molar-refractivity contribution is 5.93. The number of hydrogen-bond acceptors (Lipinski definition) is 10. The summed E-state index contributed by atoms with van der Waals surface area (Å²) in [7, 11) is 5.19. The van der Waals surface area contributed by atoms with E-state index in [0.717, 1.165) is 31.5 Å². The highest BCUT2D eigenvalue weighted by Gasteiger charge is 2.21. The maximum atomic E-state index is 15.2. The Bertz CT molecular complexity index is 1530. The van der Waals surface area contributed by atoms with E-state index >= 15 is 4.39 Å². The third-order valence-electron chi connectivity index (χ3n) is 6.80. The Morgan fingerprint density at radius 1 is 1.00 bits per heavy atom. The van der Waals surface area contributed by atoms with Crippen LogP contribution in [-0.2, 0) is 4.84 Å². The van der Waals surface area contributed by atoms with Crippen molar-refractivity contribution < 1.29 is 23.4 Å². The molecule has 10 nitrogen and oxygen atoms in total. The third-order valence-corrected chi connectivity index (χ3v) is 6.80. The topological polar surface area (TPSA) is 102 Å². The summed E-state index contributed by atoms with van der Waals surface area (Å²) < 4.78 is 33.1. The van der Waals surface area contributed by atoms with Crippen LogP contribution in [0.5, 0.6) is 23.0 Å². The Morgan fingerprint density at radius 2 is 1.80 bits per heavy atom. The first kappa shape index (κ1) is 28.1. The molecule has 0 atom stereocenters. The Hall–Kier alpha value is -4.45. The van der Waals surface area contributed by atoms with Gasteiger partial charge in [0.15, 0.2) is 11.5 Å². The fourth-order valence-corrected chi connectivity index (χ4v) is 4.55. The number of piperidine rings is 1. The second-order valence-electron chi connectivity index (χ2n) is 9.67. The lowest BCUT2D eigenvalue weighted by Crippen LogP contribution is -2.35. The number of likely N-dealkylation sites (tertiary alicyclic amines) is 1. The average Bonchev–Trinajstić information content (AvgIpc) is 2.98. The molecule has 1 saturated heterocycles. The lowest BCUT2D eigenvalue weighted by molar-refractivity contribution is 0.0710. The normalized spacial score (nSPS) is 14.0. The fraction of sp³-hybridized carbons (Fsp3) is 0.267. The van der Waals surface area contributed by atoms with E-state index in [1.54, 1.807) is 31.4 Å². The molecule has 2 heterocycles. The number of rotatable bonds is 11. The quantitative estimate of drug-likeness (QED) is 0.206. The Balaban J connectivity index is 1.34. The molecule has 1 aromatic heterocycles. The van der Waals surface area contributed by atoms with Gasteiger partial charge in [-0.3, -0.25) is 10.3 Å². The molecule has 3 aromatic carbocycles. The number of fused-ring (bicyclic) bond motifs is 1. The van der Waals surface area contributed by atoms with Crippen molar-refractivity contribution in [3.63, 3.8) is 0 Å². The second-order valence-corrected chi connectivity index (χ2v) is 9.67. The van der Waals surface area contributed by atoms with Gasteiger partial charge in [0.05, 0.1) is 31.1 Å². The van der Waals surface area contributed by atoms with E-state index in [1.165, 1.54) is 19.5 Å². The Kier molecular flexibility index (Phi) is 8.78. The van der Waals surface area contributed by atoms with Crippen LogP contribution in [0.4, 0.5) is 15.9 Å². The van der Waals surface area contributed by atoms with Gasteiger partial charge >= 0.3 is 0 Å². The van der Waals surface area contributed by atoms with Gasteiger partial charge in [0.25, 0.3) is 0 Å². The Labute approximate surface area is 238 Å². The molecular formula is C30H33FN6O4. The molecular weight excluding hydrogens is 527 g/mol. The number of methoxy groups -OCH3 is 1. The first-order valence-electron chi connectivity index (χ1n) is 13.2. The van der Waals surface area contributed by atoms with Gasteiger partial charge in [0.1, 0.15) is 35.6 Å². The zero-order valence-corrected chi connectivity index (χ0v) is 23.2. The van der Waals surface area contributed by atoms with Gasteiger partial charge in [-0.1, -0.05) is 18.7 Å². The molecule has 0 unspecified atom stereocenters. The van der Waals surface area contributed by atoms with E-state index in [9.17, 15) is 0 Å². The molecule has 1 fully saturated rings. The Morgan fingerprint density at radius 3 is 2.56 bits per heavy atom. The standard InChI is InChI=1S/C30H33FN6O4/c1-19(35-36-39-4)20-6-5-7-22(14-20)40-23-8-9-26(25(31)15-23)34-30-24-16-29(41-21-10-12-37(2)13-11-21)28(38-3)17-27(24)32-18-33-30/h5-9,14-18,21,35-36H,1,10-13H2,2-4H3,(H,32,33,34). The predicted octanol–water partition coefficient (Wildman–Crippen LogP) is 5.41. The van der Waals surface area contributed by atoms with Crippen molar-refractivity contribution in [2.24, 2.45) is 0 Å². The van der Waals surface area contributed by atoms with Crippen LogP contribution in [0.25, 0.3) is 16.6 Å². The minimum Gasteiger partial charge on any atom is -0.493 e. The SMILES string of the molecule is C=C(NNOC)c1cccc(Oc2ccc(Nc3ncnc4cc(OC)c(OC5CCN(C)CC5)cc34)c(F)c2)c1. The van der Waals surface area contributed by atoms with E-state index < -0.39 is 5.82 Å². The van der Waals surface area contributed by atoms with Crippen LogP contribution < -0.4 is 30.5 Å². The lowest BCUT2D eigenvalue weighted by Gasteiger charge is -2.29. The molecule has 1 aliphatic heterocycles. The summed E-state index contributed by atoms with van der Waals surface area (Å²) in [5.41, 5.74) is 7.56. The number of benzene rings is 3. The minimum absolute atomic E-state index is 0.0839. The summed E-state index contributed by atoms with van der Waals surface area (Å²) in [6.07, 6.45) is 3.36. The van der Waals surface area contributed by atoms with Crippen LogP contribution in [-0.4, -0.2) is 55.3 Å². The summed E-state index contributed by atoms with van der Waals surface area (Å²) in [5.74, 6) is 2.00. The van der Waals surface area contributed by atoms with Crippen molar-refractivity contribution >= 4 is 28.1 Å². The van der Waals surface area contributed by atoms with E-state index in [0.29, 0.717) is 45.4 Å². The number of hydrazine groups is 1. The first-order chi connectivity index (χ1) is 19.9. The number of nitrogens with one attached hydrogen (secondary N) is 3. The van der Waals surface area contributed by atoms with Crippen molar-refractivity contribution in [1.82, 2.24) is 25.9 Å². The molecule has 3 N–H and O–H groups in total. The molecule has 11 heteroatoms. The number of halogens is 1. The zero-order chi connectivity index (χ0) is 28.8. The van der Waals surface area contributed by atoms with Crippen LogP contribution in [0.2, 0.25) is 0 Å². The third kappa shape index (κ3) is 6.83. The largest absolute Gasteiger partial charge is 0.493 e. The monoisotopic (exact) mass is 560 g/mol. The molecule has 0 bridgehead atoms. The van der Waals surface area contributed by atoms with Crippen molar-refractivity contribution in [3.05, 3.63) is 78.9 Å². The molecule has 0 saturated carbocycles. The van der Waals surface area contributed by atoms with E-state index in [4.69, 9.17) is 19.0 Å². The molecule has 0 radical (unpaired) electrons. The van der Waals surface area contributed by atoms with E-state index in [1.807, 2.05) is 24.3 Å². The second kappa shape index (κ2) is 12.8. The van der Waals surface area contributed by atoms with Crippen LogP contribution in [0.3, 0.4) is 0 Å². The van der Waals surface area contributed by atoms with E-state index in [-0.39, 0.29) is 11.8 Å². The van der Waals surface area contributed by atoms with Crippen LogP contribution in [0.1, 0.15) is 18.4 Å². The lowest BCUT2D eigenvalue weighted by atomic mass is 10.1. The number of anilines is 2. The molecule has 5 rings (SSSR count). The highest BCUT2D eigenvalue weighted by Crippen LogP contribution is 2.37. The van der Waals surface area contributed by atoms with Gasteiger partial charge in [-0.25, -0.2) is 14.4 Å². The summed E-state index contributed by atoms with van der Waals surface area (Å²) in [6, 6.07) is 15.5. The summed E-state index contributed by atoms with van der Waals surface area (Å²) in [4.78, 5) is 15.8. The highest BCUT2D eigenvalue weighted by atomic mass is 19.1. The maximum absolute atomic E-state index is 15.2. The van der Waals surface area contributed by atoms with Gasteiger partial charge in [0.2, 0.25) is 0 Å². The summed E-state index contributed by atoms with van der Waals surface area (Å²) >= 11 is 0. The molecule has 1 aliphatic rings. The van der Waals surface area contributed by atoms with Gasteiger partial charge in [-0.15, -0.1) is 5.59 Å². The van der Waals surface area contributed by atoms with E-state index in [2.05, 4.69) is 44.8 Å². The fourth-order valence-electron chi connectivity index (χ4n) is 4.55. The van der Waals surface area contributed by atoms with Gasteiger partial charge in [-0.2, -0.15) is 0 Å². The minimum atomic E-state index is -0.503. The molecule has 0 amide bonds. The number of ether oxygens (including phenoxy) is 3. The van der Waals surface area contributed by atoms with Crippen LogP contribution in [0.15, 0.2) is 67.5 Å². The molecule has 0 aliphatic carbocycles. The molecule has 4 aromatic rings. The number of nitrogens with zero attached hydrogens (tertiary/aromatic N) is 3. The van der Waals surface area contributed by atoms with Gasteiger partial charge in [0, 0.05) is 36.2 Å². The van der Waals surface area contributed by atoms with Gasteiger partial charge < -0.3 is 24.4 Å². The molecule has 214 valence electrons. The number of hydrogen-bond donors (Lipinski definition) is 3. The molecule has 0 spiro atoms. The average molecular weight is 561 g/mol. The molecule has 41 heavy (non-hydrogen) atoms. The number of aromatic nitrogens is 2. The maximum Gasteiger partial charge on any atom is 0.162 e. The predicted molar refractivity (Wildman–Crippen MR) is 156 cm³/mol. The summed E-state index contributed by atoms with van der Waals surface area (Å²) in [5, 5.41) is 3.79. The smallest absolute Gasteiger partial charge is 0.162 e. The van der Waals surface area contributed by atoms with Crippen molar-refractivity contribution in [3.8, 4) is 23.0 Å². The van der Waals surface area contributed by atoms with Gasteiger partial charge in [-0.05, 0) is 50.2 Å². The van der Waals surface area contributed by atoms with Crippen molar-refractivity contribution in [1.29, 1.82) is 0 Å². The van der Waals surface area contributed by atoms with Crippen molar-refractivity contribution in [2.75, 3.05) is 39.7 Å². The van der Waals surface area contributed by atoms with Crippen LogP contribution in [0, 0.1) is 5.82 Å². The summed E-state index contributed by atoms with van der Waals surface area (Å²) in [6.45, 7) is 5.88. The van der Waals surface area contributed by atoms with Crippen LogP contribution >= 0.6 is 0 Å².